The number of aryl methyl sites for hydroxylation is 2. The van der Waals surface area contributed by atoms with E-state index in [4.69, 9.17) is 4.74 Å². The molecule has 0 radical (unpaired) electrons. The number of aromatic amines is 1. The maximum Gasteiger partial charge on any atom is 0.329 e. The summed E-state index contributed by atoms with van der Waals surface area (Å²) in [6.07, 6.45) is -0.923. The summed E-state index contributed by atoms with van der Waals surface area (Å²) in [5, 5.41) is 12.9. The summed E-state index contributed by atoms with van der Waals surface area (Å²) in [5.74, 6) is 1.04. The number of H-pyrrole nitrogens is 1. The second-order valence-corrected chi connectivity index (χ2v) is 9.68. The van der Waals surface area contributed by atoms with Crippen LogP contribution in [0.2, 0.25) is 0 Å². The Kier molecular flexibility index (Phi) is 7.59. The molecule has 1 fully saturated rings. The van der Waals surface area contributed by atoms with Crippen molar-refractivity contribution in [2.75, 3.05) is 38.2 Å². The summed E-state index contributed by atoms with van der Waals surface area (Å²) in [4.78, 5) is 34.3. The first-order valence-electron chi connectivity index (χ1n) is 12.7. The molecule has 2 aromatic heterocycles. The van der Waals surface area contributed by atoms with E-state index >= 15 is 0 Å². The zero-order chi connectivity index (χ0) is 26.6. The Balaban J connectivity index is 1.31. The number of aromatic nitrogens is 4. The fraction of sp³-hybridized carbons (Fsp3) is 0.370. The van der Waals surface area contributed by atoms with Gasteiger partial charge in [0.1, 0.15) is 18.5 Å². The number of imidazole rings is 1. The molecule has 0 aliphatic carbocycles. The molecule has 200 valence electrons. The van der Waals surface area contributed by atoms with Crippen molar-refractivity contribution in [3.8, 4) is 5.75 Å². The number of hydrogen-bond donors (Lipinski definition) is 3. The SMILES string of the molecule is Cc1ccc(OCC(O)Cn2c(NN3CCN(Cc4ccccc4)CC3)nc3c2c(=O)[nH]c(=O)n3C)cc1. The molecule has 1 unspecified atom stereocenters. The fourth-order valence-corrected chi connectivity index (χ4v) is 4.59. The molecule has 3 heterocycles. The van der Waals surface area contributed by atoms with E-state index in [1.807, 2.05) is 54.4 Å². The Bertz CT molecular complexity index is 1490. The van der Waals surface area contributed by atoms with Crippen LogP contribution in [0.25, 0.3) is 11.2 Å². The molecule has 1 saturated heterocycles. The molecule has 0 saturated carbocycles. The Morgan fingerprint density at radius 1 is 1.05 bits per heavy atom. The van der Waals surface area contributed by atoms with Crippen LogP contribution in [0.1, 0.15) is 11.1 Å². The van der Waals surface area contributed by atoms with Gasteiger partial charge in [-0.15, -0.1) is 0 Å². The molecule has 38 heavy (non-hydrogen) atoms. The van der Waals surface area contributed by atoms with Crippen molar-refractivity contribution in [2.24, 2.45) is 7.05 Å². The lowest BCUT2D eigenvalue weighted by atomic mass is 10.2. The highest BCUT2D eigenvalue weighted by molar-refractivity contribution is 5.74. The van der Waals surface area contributed by atoms with E-state index < -0.39 is 17.4 Å². The van der Waals surface area contributed by atoms with Crippen LogP contribution in [0.3, 0.4) is 0 Å². The van der Waals surface area contributed by atoms with Gasteiger partial charge in [-0.3, -0.25) is 24.7 Å². The van der Waals surface area contributed by atoms with Crippen molar-refractivity contribution in [3.63, 3.8) is 0 Å². The van der Waals surface area contributed by atoms with Crippen LogP contribution < -0.4 is 21.4 Å². The second-order valence-electron chi connectivity index (χ2n) is 9.68. The van der Waals surface area contributed by atoms with Gasteiger partial charge in [-0.2, -0.15) is 4.98 Å². The minimum absolute atomic E-state index is 0.0317. The van der Waals surface area contributed by atoms with E-state index in [2.05, 4.69) is 32.4 Å². The molecule has 5 rings (SSSR count). The maximum atomic E-state index is 12.8. The van der Waals surface area contributed by atoms with Gasteiger partial charge < -0.3 is 14.4 Å². The van der Waals surface area contributed by atoms with Crippen molar-refractivity contribution in [1.82, 2.24) is 29.0 Å². The first kappa shape index (κ1) is 25.7. The summed E-state index contributed by atoms with van der Waals surface area (Å²) in [6, 6.07) is 17.9. The van der Waals surface area contributed by atoms with Gasteiger partial charge >= 0.3 is 5.69 Å². The first-order valence-corrected chi connectivity index (χ1v) is 12.7. The molecule has 11 heteroatoms. The number of rotatable bonds is 9. The van der Waals surface area contributed by atoms with Gasteiger partial charge in [-0.1, -0.05) is 48.0 Å². The number of aliphatic hydroxyl groups is 1. The number of aliphatic hydroxyl groups excluding tert-OH is 1. The van der Waals surface area contributed by atoms with E-state index in [0.29, 0.717) is 11.7 Å². The monoisotopic (exact) mass is 519 g/mol. The number of piperazine rings is 1. The summed E-state index contributed by atoms with van der Waals surface area (Å²) in [6.45, 7) is 6.16. The van der Waals surface area contributed by atoms with Crippen molar-refractivity contribution in [2.45, 2.75) is 26.1 Å². The number of nitrogens with one attached hydrogen (secondary N) is 2. The number of ether oxygens (including phenoxy) is 1. The zero-order valence-corrected chi connectivity index (χ0v) is 21.6. The fourth-order valence-electron chi connectivity index (χ4n) is 4.59. The average Bonchev–Trinajstić information content (AvgIpc) is 3.27. The highest BCUT2D eigenvalue weighted by Crippen LogP contribution is 2.19. The molecule has 0 amide bonds. The first-order chi connectivity index (χ1) is 18.4. The third-order valence-electron chi connectivity index (χ3n) is 6.74. The van der Waals surface area contributed by atoms with Crippen molar-refractivity contribution in [1.29, 1.82) is 0 Å². The number of fused-ring (bicyclic) bond motifs is 1. The zero-order valence-electron chi connectivity index (χ0n) is 21.6. The van der Waals surface area contributed by atoms with Gasteiger partial charge in [0.15, 0.2) is 11.2 Å². The molecule has 0 bridgehead atoms. The third-order valence-corrected chi connectivity index (χ3v) is 6.74. The summed E-state index contributed by atoms with van der Waals surface area (Å²) in [7, 11) is 1.56. The van der Waals surface area contributed by atoms with Crippen LogP contribution in [-0.4, -0.2) is 73.0 Å². The lowest BCUT2D eigenvalue weighted by molar-refractivity contribution is 0.0932. The maximum absolute atomic E-state index is 12.8. The molecule has 0 spiro atoms. The summed E-state index contributed by atoms with van der Waals surface area (Å²) in [5.41, 5.74) is 5.07. The Labute approximate surface area is 219 Å². The largest absolute Gasteiger partial charge is 0.491 e. The number of nitrogens with zero attached hydrogens (tertiary/aromatic N) is 5. The standard InChI is InChI=1S/C27H33N7O4/c1-19-8-10-22(11-9-19)38-18-21(35)17-34-23-24(31(2)27(37)29-25(23)36)28-26(34)30-33-14-12-32(13-15-33)16-20-6-4-3-5-7-20/h3-11,21,35H,12-18H2,1-2H3,(H,28,30)(H,29,36,37). The molecular weight excluding hydrogens is 486 g/mol. The van der Waals surface area contributed by atoms with Gasteiger partial charge in [0.25, 0.3) is 5.56 Å². The smallest absolute Gasteiger partial charge is 0.329 e. The molecular formula is C27H33N7O4. The molecule has 2 aromatic carbocycles. The van der Waals surface area contributed by atoms with Crippen molar-refractivity contribution < 1.29 is 9.84 Å². The van der Waals surface area contributed by atoms with Gasteiger partial charge in [0, 0.05) is 39.8 Å². The van der Waals surface area contributed by atoms with E-state index in [9.17, 15) is 14.7 Å². The Morgan fingerprint density at radius 2 is 1.76 bits per heavy atom. The van der Waals surface area contributed by atoms with Crippen LogP contribution in [0.5, 0.6) is 5.75 Å². The highest BCUT2D eigenvalue weighted by Gasteiger charge is 2.23. The predicted molar refractivity (Wildman–Crippen MR) is 145 cm³/mol. The number of anilines is 1. The lowest BCUT2D eigenvalue weighted by Crippen LogP contribution is -2.48. The van der Waals surface area contributed by atoms with Crippen molar-refractivity contribution >= 4 is 17.1 Å². The topological polar surface area (TPSA) is 121 Å². The number of hydrazine groups is 1. The van der Waals surface area contributed by atoms with E-state index in [1.54, 1.807) is 11.6 Å². The Hall–Kier alpha value is -3.93. The summed E-state index contributed by atoms with van der Waals surface area (Å²) >= 11 is 0. The van der Waals surface area contributed by atoms with Crippen LogP contribution in [0, 0.1) is 6.92 Å². The minimum atomic E-state index is -0.923. The van der Waals surface area contributed by atoms with Crippen LogP contribution >= 0.6 is 0 Å². The van der Waals surface area contributed by atoms with Gasteiger partial charge in [-0.25, -0.2) is 9.80 Å². The molecule has 4 aromatic rings. The summed E-state index contributed by atoms with van der Waals surface area (Å²) < 4.78 is 8.66. The predicted octanol–water partition coefficient (Wildman–Crippen LogP) is 1.32. The van der Waals surface area contributed by atoms with Gasteiger partial charge in [0.2, 0.25) is 5.95 Å². The highest BCUT2D eigenvalue weighted by atomic mass is 16.5. The van der Waals surface area contributed by atoms with Crippen LogP contribution in [-0.2, 0) is 20.1 Å². The van der Waals surface area contributed by atoms with E-state index in [-0.39, 0.29) is 24.3 Å². The normalized spacial score (nSPS) is 15.6. The molecule has 1 aliphatic rings. The van der Waals surface area contributed by atoms with E-state index in [1.165, 1.54) is 10.1 Å². The van der Waals surface area contributed by atoms with E-state index in [0.717, 1.165) is 38.3 Å². The average molecular weight is 520 g/mol. The van der Waals surface area contributed by atoms with Crippen molar-refractivity contribution in [3.05, 3.63) is 86.6 Å². The number of benzene rings is 2. The second kappa shape index (κ2) is 11.2. The van der Waals surface area contributed by atoms with Gasteiger partial charge in [0.05, 0.1) is 6.54 Å². The molecule has 1 aliphatic heterocycles. The third kappa shape index (κ3) is 5.80. The molecule has 1 atom stereocenters. The Morgan fingerprint density at radius 3 is 2.47 bits per heavy atom. The molecule has 3 N–H and O–H groups in total. The minimum Gasteiger partial charge on any atom is -0.491 e. The quantitative estimate of drug-likeness (QED) is 0.303. The van der Waals surface area contributed by atoms with Crippen LogP contribution in [0.15, 0.2) is 64.2 Å². The molecule has 11 nitrogen and oxygen atoms in total. The van der Waals surface area contributed by atoms with Crippen LogP contribution in [0.4, 0.5) is 5.95 Å². The number of hydrogen-bond acceptors (Lipinski definition) is 8. The van der Waals surface area contributed by atoms with Gasteiger partial charge in [-0.05, 0) is 24.6 Å². The lowest BCUT2D eigenvalue weighted by Gasteiger charge is -2.35.